The van der Waals surface area contributed by atoms with Gasteiger partial charge in [-0.15, -0.1) is 0 Å². The van der Waals surface area contributed by atoms with E-state index in [-0.39, 0.29) is 30.7 Å². The van der Waals surface area contributed by atoms with Crippen LogP contribution in [-0.2, 0) is 9.74 Å². The van der Waals surface area contributed by atoms with Gasteiger partial charge in [0.05, 0.1) is 17.8 Å². The predicted octanol–water partition coefficient (Wildman–Crippen LogP) is 6.16. The third-order valence-electron chi connectivity index (χ3n) is 6.51. The molecule has 0 spiro atoms. The zero-order valence-electron chi connectivity index (χ0n) is 19.0. The minimum Gasteiger partial charge on any atom is -0.458 e. The molecule has 1 unspecified atom stereocenters. The number of nitrogens with one attached hydrogen (secondary N) is 2. The highest BCUT2D eigenvalue weighted by atomic mass is 19.3. The summed E-state index contributed by atoms with van der Waals surface area (Å²) in [4.78, 5) is 26.2. The van der Waals surface area contributed by atoms with Crippen LogP contribution in [0.1, 0.15) is 66.2 Å². The maximum Gasteiger partial charge on any atom is 0.350 e. The second-order valence-corrected chi connectivity index (χ2v) is 8.76. The lowest BCUT2D eigenvalue weighted by molar-refractivity contribution is -0.183. The molecule has 6 nitrogen and oxygen atoms in total. The fraction of sp³-hybridized carbons (Fsp3) is 0.385. The lowest BCUT2D eigenvalue weighted by Gasteiger charge is -2.31. The van der Waals surface area contributed by atoms with Crippen LogP contribution in [0.5, 0.6) is 0 Å². The molecule has 0 aliphatic heterocycles. The quantitative estimate of drug-likeness (QED) is 0.412. The average Bonchev–Trinajstić information content (AvgIpc) is 3.20. The number of amides is 1. The largest absolute Gasteiger partial charge is 0.458 e. The number of aryl methyl sites for hydroxylation is 1. The summed E-state index contributed by atoms with van der Waals surface area (Å²) in [5, 5.41) is 6.64. The van der Waals surface area contributed by atoms with Gasteiger partial charge in [-0.1, -0.05) is 25.3 Å². The summed E-state index contributed by atoms with van der Waals surface area (Å²) in [7, 11) is 0. The summed E-state index contributed by atoms with van der Waals surface area (Å²) in [5.74, 6) is -0.606. The monoisotopic (exact) mass is 470 g/mol. The molecule has 1 amide bonds. The maximum atomic E-state index is 14.5. The Morgan fingerprint density at radius 2 is 1.85 bits per heavy atom. The predicted molar refractivity (Wildman–Crippen MR) is 124 cm³/mol. The van der Waals surface area contributed by atoms with Crippen LogP contribution in [0.3, 0.4) is 0 Å². The summed E-state index contributed by atoms with van der Waals surface area (Å²) in [5.41, 5.74) is 2.57. The molecular weight excluding hydrogens is 442 g/mol. The molecule has 3 aromatic rings. The third-order valence-corrected chi connectivity index (χ3v) is 6.51. The minimum absolute atomic E-state index is 0.0206. The molecule has 1 aromatic heterocycles. The van der Waals surface area contributed by atoms with Crippen molar-refractivity contribution in [1.29, 1.82) is 0 Å². The molecule has 34 heavy (non-hydrogen) atoms. The first kappa shape index (κ1) is 23.7. The Bertz CT molecular complexity index is 1150. The molecule has 2 N–H and O–H groups in total. The van der Waals surface area contributed by atoms with Gasteiger partial charge in [0.15, 0.2) is 0 Å². The van der Waals surface area contributed by atoms with E-state index in [2.05, 4.69) is 15.6 Å². The normalized spacial score (nSPS) is 15.1. The summed E-state index contributed by atoms with van der Waals surface area (Å²) in [6.07, 6.45) is 5.36. The number of anilines is 1. The topological polar surface area (TPSA) is 80.6 Å². The van der Waals surface area contributed by atoms with E-state index in [1.807, 2.05) is 6.92 Å². The standard InChI is InChI=1S/C26H28F2N2O4/c1-16-23-20(27)8-5-9-21(23)33-25(16)24(17-6-3-2-4-7-17)30-19-12-10-18(11-13-19)26(32)29-15-14-22(31)34-28/h5,8-13,17,24,30H,2-4,6-7,14-15H2,1H3,(H,29,32). The van der Waals surface area contributed by atoms with E-state index in [0.29, 0.717) is 22.5 Å². The van der Waals surface area contributed by atoms with Crippen molar-refractivity contribution in [3.8, 4) is 0 Å². The molecule has 1 aliphatic carbocycles. The molecule has 2 aromatic carbocycles. The molecule has 180 valence electrons. The SMILES string of the molecule is Cc1c(C(Nc2ccc(C(=O)NCCC(=O)OF)cc2)C2CCCCC2)oc2cccc(F)c12. The van der Waals surface area contributed by atoms with Gasteiger partial charge < -0.3 is 15.1 Å². The Morgan fingerprint density at radius 1 is 1.12 bits per heavy atom. The van der Waals surface area contributed by atoms with Gasteiger partial charge in [0.25, 0.3) is 5.91 Å². The van der Waals surface area contributed by atoms with Crippen molar-refractivity contribution < 1.29 is 27.9 Å². The Labute approximate surface area is 196 Å². The minimum atomic E-state index is -1.03. The van der Waals surface area contributed by atoms with Crippen molar-refractivity contribution in [3.63, 3.8) is 0 Å². The van der Waals surface area contributed by atoms with E-state index in [0.717, 1.165) is 42.7 Å². The van der Waals surface area contributed by atoms with Crippen LogP contribution in [-0.4, -0.2) is 18.4 Å². The van der Waals surface area contributed by atoms with Crippen molar-refractivity contribution in [2.45, 2.75) is 51.5 Å². The van der Waals surface area contributed by atoms with Crippen molar-refractivity contribution >= 4 is 28.5 Å². The van der Waals surface area contributed by atoms with Crippen molar-refractivity contribution in [3.05, 3.63) is 65.2 Å². The summed E-state index contributed by atoms with van der Waals surface area (Å²) < 4.78 is 32.4. The van der Waals surface area contributed by atoms with E-state index in [4.69, 9.17) is 4.42 Å². The Kier molecular flexibility index (Phi) is 7.45. The van der Waals surface area contributed by atoms with Crippen molar-refractivity contribution in [1.82, 2.24) is 5.32 Å². The van der Waals surface area contributed by atoms with Crippen molar-refractivity contribution in [2.24, 2.45) is 5.92 Å². The first-order valence-corrected chi connectivity index (χ1v) is 11.6. The number of rotatable bonds is 8. The van der Waals surface area contributed by atoms with E-state index >= 15 is 0 Å². The number of furan rings is 1. The molecule has 1 fully saturated rings. The smallest absolute Gasteiger partial charge is 0.350 e. The lowest BCUT2D eigenvalue weighted by Crippen LogP contribution is -2.26. The van der Waals surface area contributed by atoms with Gasteiger partial charge in [0, 0.05) is 27.9 Å². The Balaban J connectivity index is 1.53. The second-order valence-electron chi connectivity index (χ2n) is 8.76. The molecule has 1 atom stereocenters. The maximum absolute atomic E-state index is 14.5. The van der Waals surface area contributed by atoms with Gasteiger partial charge in [-0.25, -0.2) is 9.18 Å². The van der Waals surface area contributed by atoms with Gasteiger partial charge in [-0.3, -0.25) is 9.74 Å². The van der Waals surface area contributed by atoms with Gasteiger partial charge in [-0.05, 0) is 62.1 Å². The van der Waals surface area contributed by atoms with Gasteiger partial charge >= 0.3 is 5.97 Å². The number of hydrogen-bond donors (Lipinski definition) is 2. The Hall–Kier alpha value is -3.42. The van der Waals surface area contributed by atoms with Crippen LogP contribution in [0.4, 0.5) is 14.6 Å². The van der Waals surface area contributed by atoms with E-state index in [9.17, 15) is 18.5 Å². The van der Waals surface area contributed by atoms with Crippen LogP contribution >= 0.6 is 0 Å². The molecule has 0 saturated heterocycles. The molecule has 1 heterocycles. The molecule has 1 saturated carbocycles. The van der Waals surface area contributed by atoms with Crippen LogP contribution in [0, 0.1) is 18.7 Å². The first-order chi connectivity index (χ1) is 16.5. The lowest BCUT2D eigenvalue weighted by atomic mass is 9.82. The highest BCUT2D eigenvalue weighted by molar-refractivity contribution is 5.94. The molecule has 0 radical (unpaired) electrons. The highest BCUT2D eigenvalue weighted by Gasteiger charge is 2.30. The van der Waals surface area contributed by atoms with Crippen LogP contribution in [0.25, 0.3) is 11.0 Å². The van der Waals surface area contributed by atoms with E-state index < -0.39 is 5.97 Å². The summed E-state index contributed by atoms with van der Waals surface area (Å²) >= 11 is 0. The number of carbonyl (C=O) groups excluding carboxylic acids is 2. The van der Waals surface area contributed by atoms with Crippen LogP contribution in [0.2, 0.25) is 0 Å². The number of fused-ring (bicyclic) bond motifs is 1. The van der Waals surface area contributed by atoms with E-state index in [1.54, 1.807) is 36.4 Å². The number of hydrogen-bond acceptors (Lipinski definition) is 5. The molecule has 0 bridgehead atoms. The van der Waals surface area contributed by atoms with Crippen LogP contribution in [0.15, 0.2) is 46.9 Å². The molecular formula is C26H28F2N2O4. The van der Waals surface area contributed by atoms with Crippen molar-refractivity contribution in [2.75, 3.05) is 11.9 Å². The fourth-order valence-corrected chi connectivity index (χ4v) is 4.75. The zero-order chi connectivity index (χ0) is 24.1. The fourth-order valence-electron chi connectivity index (χ4n) is 4.75. The van der Waals surface area contributed by atoms with Crippen LogP contribution < -0.4 is 10.6 Å². The number of halogens is 2. The summed E-state index contributed by atoms with van der Waals surface area (Å²) in [6, 6.07) is 11.7. The Morgan fingerprint density at radius 3 is 2.53 bits per heavy atom. The van der Waals surface area contributed by atoms with Gasteiger partial charge in [0.2, 0.25) is 0 Å². The zero-order valence-corrected chi connectivity index (χ0v) is 19.0. The molecule has 8 heteroatoms. The highest BCUT2D eigenvalue weighted by Crippen LogP contribution is 2.41. The summed E-state index contributed by atoms with van der Waals surface area (Å²) in [6.45, 7) is 1.88. The first-order valence-electron chi connectivity index (χ1n) is 11.6. The number of benzene rings is 2. The van der Waals surface area contributed by atoms with E-state index in [1.165, 1.54) is 12.5 Å². The van der Waals surface area contributed by atoms with Gasteiger partial charge in [0.1, 0.15) is 17.2 Å². The van der Waals surface area contributed by atoms with Gasteiger partial charge in [-0.2, -0.15) is 0 Å². The third kappa shape index (κ3) is 5.21. The molecule has 4 rings (SSSR count). The number of carbonyl (C=O) groups is 2. The second kappa shape index (κ2) is 10.7. The average molecular weight is 471 g/mol. The molecule has 1 aliphatic rings.